The Kier molecular flexibility index (Phi) is 24.2. The summed E-state index contributed by atoms with van der Waals surface area (Å²) in [5.41, 5.74) is 14.9. The third-order valence-corrected chi connectivity index (χ3v) is 31.0. The minimum absolute atomic E-state index is 0.0289. The van der Waals surface area contributed by atoms with Gasteiger partial charge in [0.15, 0.2) is 74.7 Å². The van der Waals surface area contributed by atoms with Gasteiger partial charge in [0, 0.05) is 166 Å². The lowest BCUT2D eigenvalue weighted by atomic mass is 9.67. The Morgan fingerprint density at radius 1 is 0.582 bits per heavy atom. The molecule has 710 valence electrons. The number of likely N-dealkylation sites (N-methyl/N-ethyl adjacent to an activating group) is 3. The second kappa shape index (κ2) is 34.5. The van der Waals surface area contributed by atoms with E-state index in [1.807, 2.05) is 52.6 Å². The van der Waals surface area contributed by atoms with Crippen LogP contribution in [0.3, 0.4) is 0 Å². The number of hydrogen-bond acceptors (Lipinski definition) is 35. The van der Waals surface area contributed by atoms with Gasteiger partial charge in [-0.25, -0.2) is 4.79 Å². The van der Waals surface area contributed by atoms with Gasteiger partial charge < -0.3 is 90.2 Å². The number of rotatable bonds is 11. The number of allylic oxidation sites excluding steroid dienone is 6. The van der Waals surface area contributed by atoms with E-state index in [1.54, 1.807) is 73.5 Å². The SMILES string of the molecule is COC1=C(C)C(=O)C2=C(C1=O)[C@@H]1[C@@H]3CC4=C(C(=O)C(C)=C(C)C4=O)[C@H](CNC(=O)C(C)=O)N3[C@@H](C#N)[C@H](C2)N1C.COc1c(C)c(O)c2c(c1O)[C@@H]1[C@@H]3CC4=C(C(=O)C(C)=C(C)C4=O)[C@H](CNC(=O)[C@H](C)N)N3[C@@H](O)[C@H]([C@H]2OC)N1C.COc1c(C)cc2c(c1O)[C@@H]1[C@@H]3C4NCC5(NCCc6cc(O)c(C)cc65)C(=O)OC[C@@H](c5c6c(c(C)c(OC(C)=O)c54)OCO6)N3[C@@H](O)[C@H](C2)N1C. The van der Waals surface area contributed by atoms with E-state index in [9.17, 15) is 88.6 Å². The van der Waals surface area contributed by atoms with Crippen molar-refractivity contribution in [3.05, 3.63) is 152 Å². The summed E-state index contributed by atoms with van der Waals surface area (Å²) in [6.45, 7) is 19.0. The van der Waals surface area contributed by atoms with Gasteiger partial charge in [0.2, 0.25) is 24.3 Å². The number of piperazine rings is 3. The molecule has 13 heterocycles. The number of benzene rings is 4. The first-order valence-corrected chi connectivity index (χ1v) is 44.8. The number of esters is 2. The number of phenolic OH excluding ortho intramolecular Hbond substituents is 4. The maximum atomic E-state index is 14.6. The van der Waals surface area contributed by atoms with Crippen LogP contribution in [0.2, 0.25) is 0 Å². The number of aliphatic hydroxyl groups excluding tert-OH is 2. The molecule has 20 rings (SSSR count). The second-order valence-electron chi connectivity index (χ2n) is 37.6. The average molecular weight is 1850 g/mol. The van der Waals surface area contributed by atoms with Gasteiger partial charge in [-0.1, -0.05) is 6.07 Å². The molecule has 19 atom stereocenters. The first kappa shape index (κ1) is 93.9. The number of amides is 2. The molecule has 3 aliphatic carbocycles. The van der Waals surface area contributed by atoms with Crippen molar-refractivity contribution in [2.45, 2.75) is 230 Å². The number of Topliss-reactive ketones (excluding diaryl/α,β-unsaturated/α-hetero) is 7. The van der Waals surface area contributed by atoms with E-state index in [2.05, 4.69) is 32.2 Å². The van der Waals surface area contributed by atoms with Gasteiger partial charge in [-0.3, -0.25) is 82.7 Å². The fourth-order valence-electron chi connectivity index (χ4n) is 24.4. The quantitative estimate of drug-likeness (QED) is 0.0337. The number of methoxy groups -OCH3 is 4. The zero-order valence-corrected chi connectivity index (χ0v) is 78.1. The molecule has 1 spiro atoms. The molecule has 2 amide bonds. The molecule has 0 saturated carbocycles. The Bertz CT molecular complexity index is 6170. The fourth-order valence-corrected chi connectivity index (χ4v) is 24.4. The molecule has 4 saturated heterocycles. The molecular formula is C97H112N12O25. The molecule has 134 heavy (non-hydrogen) atoms. The van der Waals surface area contributed by atoms with Crippen molar-refractivity contribution in [1.29, 1.82) is 5.26 Å². The van der Waals surface area contributed by atoms with Crippen LogP contribution in [0.5, 0.6) is 51.7 Å². The molecule has 13 aliphatic heterocycles. The van der Waals surface area contributed by atoms with Crippen LogP contribution in [-0.2, 0) is 85.3 Å². The second-order valence-corrected chi connectivity index (χ2v) is 37.6. The Labute approximate surface area is 772 Å². The third kappa shape index (κ3) is 13.7. The van der Waals surface area contributed by atoms with Gasteiger partial charge in [-0.2, -0.15) is 5.26 Å². The first-order chi connectivity index (χ1) is 63.5. The number of ether oxygens (including phenoxy) is 8. The Hall–Kier alpha value is -11.9. The summed E-state index contributed by atoms with van der Waals surface area (Å²) in [4.78, 5) is 157. The molecule has 4 aromatic rings. The largest absolute Gasteiger partial charge is 0.508 e. The predicted octanol–water partition coefficient (Wildman–Crippen LogP) is 3.32. The predicted molar refractivity (Wildman–Crippen MR) is 475 cm³/mol. The Morgan fingerprint density at radius 3 is 1.77 bits per heavy atom. The maximum Gasteiger partial charge on any atom is 0.332 e. The molecule has 37 nitrogen and oxygen atoms in total. The number of phenols is 4. The topological polar surface area (TPSA) is 500 Å². The minimum atomic E-state index is -1.35. The normalized spacial score (nSPS) is 30.3. The number of carbonyl (C=O) groups is 11. The molecular weight excluding hydrogens is 1730 g/mol. The number of fused-ring (bicyclic) bond motifs is 20. The van der Waals surface area contributed by atoms with Gasteiger partial charge in [-0.05, 0) is 162 Å². The monoisotopic (exact) mass is 1840 g/mol. The van der Waals surface area contributed by atoms with E-state index in [0.717, 1.165) is 23.6 Å². The van der Waals surface area contributed by atoms with Crippen molar-refractivity contribution >= 4 is 64.2 Å². The molecule has 0 aromatic heterocycles. The molecule has 4 fully saturated rings. The van der Waals surface area contributed by atoms with Crippen molar-refractivity contribution in [3.63, 3.8) is 0 Å². The number of hydrogen-bond donors (Lipinski definition) is 11. The Morgan fingerprint density at radius 2 is 1.16 bits per heavy atom. The number of aromatic hydroxyl groups is 4. The number of aliphatic hydroxyl groups is 2. The van der Waals surface area contributed by atoms with Crippen LogP contribution >= 0.6 is 0 Å². The van der Waals surface area contributed by atoms with Crippen molar-refractivity contribution in [1.82, 2.24) is 50.7 Å². The summed E-state index contributed by atoms with van der Waals surface area (Å²) < 4.78 is 47.0. The van der Waals surface area contributed by atoms with Crippen LogP contribution < -0.4 is 50.7 Å². The van der Waals surface area contributed by atoms with Crippen molar-refractivity contribution in [2.75, 3.05) is 89.2 Å². The highest BCUT2D eigenvalue weighted by atomic mass is 16.7. The highest BCUT2D eigenvalue weighted by molar-refractivity contribution is 6.35. The van der Waals surface area contributed by atoms with Crippen LogP contribution in [0.25, 0.3) is 0 Å². The van der Waals surface area contributed by atoms with E-state index in [0.29, 0.717) is 120 Å². The standard InChI is InChI=1S/C39H44N4O10.C29H38N4O8.C29H30N4O7/c1-16-10-22-20(12-25(16)45)7-8-41-39(22)14-40-29-28-27(36-35(51-15-52-36)18(3)34(28)53-19(4)44)24(13-50-38(39)48)43-31(29)30-26-21(11-23(37(43)47)42(30)5)9-17(2)33(49-6)32(26)46;1-10-11(2)23(35)17-14(22(10)34)8-15-20-18-19(24(36)12(3)26(40-6)25(18)37)27(41-7)21(32(20)5)29(39)33(15)16(17)9-31-28(38)13(4)30;1-11-12(2)26(37)21-15(24(11)35)8-18-23-22-16(25(36)13(3)28(40-6)27(22)38)7-17(32(23)5)19(9-30)33(18)20(21)10-31-29(39)14(4)34/h9-10,12,23-24,29-31,37,40-41,45-47H,7-8,11,13-15H2,1-6H3;13,15-16,20-21,27,29,36-37,39H,8-9,30H2,1-7H3,(H,31,38);17-20,23H,7-8,10H2,1-6H3,(H,31,39)/t23-,24-,29?,30+,31-,37-,39?;13-,15-,16-,20-,21-,27-,29-;17-,18-,19-,20-,23-/m000/s1. The summed E-state index contributed by atoms with van der Waals surface area (Å²) in [6, 6.07) is -2.45. The van der Waals surface area contributed by atoms with Crippen LogP contribution in [0, 0.1) is 39.0 Å². The summed E-state index contributed by atoms with van der Waals surface area (Å²) in [5, 5.41) is 93.1. The maximum absolute atomic E-state index is 14.6. The third-order valence-electron chi connectivity index (χ3n) is 31.0. The summed E-state index contributed by atoms with van der Waals surface area (Å²) in [6.07, 6.45) is -1.84. The van der Waals surface area contributed by atoms with Crippen molar-refractivity contribution in [2.24, 2.45) is 5.73 Å². The number of nitrogens with two attached hydrogens (primary N) is 1. The minimum Gasteiger partial charge on any atom is -0.508 e. The summed E-state index contributed by atoms with van der Waals surface area (Å²) in [5.74, 6) is -3.49. The lowest BCUT2D eigenvalue weighted by molar-refractivity contribution is -0.198. The van der Waals surface area contributed by atoms with E-state index < -0.39 is 150 Å². The highest BCUT2D eigenvalue weighted by Crippen LogP contribution is 2.64. The number of nitrogens with one attached hydrogen (secondary N) is 4. The molecule has 0 radical (unpaired) electrons. The fraction of sp³-hybridized carbons (Fsp3) is 0.505. The average Bonchev–Trinajstić information content (AvgIpc) is 1.00. The van der Waals surface area contributed by atoms with Gasteiger partial charge in [0.25, 0.3) is 5.91 Å². The van der Waals surface area contributed by atoms with Crippen LogP contribution in [0.1, 0.15) is 172 Å². The molecule has 4 aromatic carbocycles. The summed E-state index contributed by atoms with van der Waals surface area (Å²) in [7, 11) is 11.2. The van der Waals surface area contributed by atoms with Crippen molar-refractivity contribution < 1.29 is 121 Å². The van der Waals surface area contributed by atoms with Gasteiger partial charge in [0.05, 0.1) is 93.9 Å². The number of aryl methyl sites for hydroxylation is 2. The first-order valence-electron chi connectivity index (χ1n) is 44.8. The van der Waals surface area contributed by atoms with Crippen molar-refractivity contribution in [3.8, 4) is 57.8 Å². The van der Waals surface area contributed by atoms with Crippen LogP contribution in [0.15, 0.2) is 85.3 Å². The number of nitriles is 1. The number of ketones is 7. The zero-order chi connectivity index (χ0) is 96.9. The smallest absolute Gasteiger partial charge is 0.332 e. The molecule has 16 aliphatic rings. The molecule has 37 heteroatoms. The van der Waals surface area contributed by atoms with Crippen LogP contribution in [-0.4, -0.2) is 292 Å². The van der Waals surface area contributed by atoms with Crippen LogP contribution in [0.4, 0.5) is 0 Å². The highest BCUT2D eigenvalue weighted by Gasteiger charge is 2.66. The lowest BCUT2D eigenvalue weighted by Gasteiger charge is -2.62. The van der Waals surface area contributed by atoms with Gasteiger partial charge in [-0.15, -0.1) is 0 Å². The van der Waals surface area contributed by atoms with E-state index in [4.69, 9.17) is 43.6 Å². The molecule has 8 bridgehead atoms. The lowest BCUT2D eigenvalue weighted by Crippen LogP contribution is -2.74. The summed E-state index contributed by atoms with van der Waals surface area (Å²) >= 11 is 0. The number of nitrogens with zero attached hydrogens (tertiary/aromatic N) is 7. The Balaban J connectivity index is 0.000000142. The van der Waals surface area contributed by atoms with Gasteiger partial charge in [0.1, 0.15) is 48.5 Å². The molecule has 2 unspecified atom stereocenters. The van der Waals surface area contributed by atoms with Gasteiger partial charge >= 0.3 is 11.9 Å². The van der Waals surface area contributed by atoms with E-state index >= 15 is 0 Å². The molecule has 12 N–H and O–H groups in total. The number of carbonyl (C=O) groups excluding carboxylic acids is 11. The van der Waals surface area contributed by atoms with E-state index in [-0.39, 0.29) is 149 Å². The zero-order valence-electron chi connectivity index (χ0n) is 78.1. The van der Waals surface area contributed by atoms with E-state index in [1.165, 1.54) is 42.3 Å².